The molecule has 2 amide bonds. The summed E-state index contributed by atoms with van der Waals surface area (Å²) in [4.78, 5) is 24.2. The second-order valence-electron chi connectivity index (χ2n) is 7.16. The van der Waals surface area contributed by atoms with Crippen LogP contribution in [0.1, 0.15) is 65.6 Å². The van der Waals surface area contributed by atoms with Crippen molar-refractivity contribution < 1.29 is 14.7 Å². The zero-order chi connectivity index (χ0) is 19.4. The summed E-state index contributed by atoms with van der Waals surface area (Å²) in [5.41, 5.74) is 8.47. The summed E-state index contributed by atoms with van der Waals surface area (Å²) in [5, 5.41) is 13.1. The molecule has 0 saturated carbocycles. The fraction of sp³-hybridized carbons (Fsp3) is 0.364. The van der Waals surface area contributed by atoms with Crippen LogP contribution < -0.4 is 11.1 Å². The number of nitrogens with one attached hydrogen (secondary N) is 1. The number of amides is 2. The maximum atomic E-state index is 12.9. The number of aromatic hydroxyl groups is 1. The molecule has 142 valence electrons. The Bertz CT molecular complexity index is 833. The molecule has 0 spiro atoms. The topological polar surface area (TPSA) is 92.4 Å². The standard InChI is InChI=1S/C22H26N2O3/c1-2-3-5-8-14-11-17-16(15-9-6-4-7-10-15)13-18(24-22(23)27)21(26)20(17)19(25)12-14/h4,6-7,9-12,16,18,25H,2-3,5,8,13H2,1H3,(H3,23,24,27). The fourth-order valence-electron chi connectivity index (χ4n) is 3.92. The zero-order valence-electron chi connectivity index (χ0n) is 15.6. The van der Waals surface area contributed by atoms with Crippen molar-refractivity contribution in [2.75, 3.05) is 0 Å². The van der Waals surface area contributed by atoms with E-state index in [-0.39, 0.29) is 17.5 Å². The molecule has 3 rings (SSSR count). The van der Waals surface area contributed by atoms with Crippen LogP contribution in [-0.4, -0.2) is 23.0 Å². The molecule has 2 unspecified atom stereocenters. The van der Waals surface area contributed by atoms with E-state index in [0.717, 1.165) is 42.4 Å². The highest BCUT2D eigenvalue weighted by Crippen LogP contribution is 2.41. The number of ketones is 1. The van der Waals surface area contributed by atoms with Gasteiger partial charge in [-0.15, -0.1) is 0 Å². The van der Waals surface area contributed by atoms with Crippen LogP contribution in [0.4, 0.5) is 4.79 Å². The Morgan fingerprint density at radius 3 is 2.63 bits per heavy atom. The van der Waals surface area contributed by atoms with Gasteiger partial charge in [0.25, 0.3) is 0 Å². The molecule has 0 aromatic heterocycles. The minimum absolute atomic E-state index is 0.0131. The van der Waals surface area contributed by atoms with Crippen molar-refractivity contribution in [3.8, 4) is 5.75 Å². The summed E-state index contributed by atoms with van der Waals surface area (Å²) >= 11 is 0. The lowest BCUT2D eigenvalue weighted by Crippen LogP contribution is -2.46. The molecule has 27 heavy (non-hydrogen) atoms. The lowest BCUT2D eigenvalue weighted by Gasteiger charge is -2.32. The number of hydrogen-bond acceptors (Lipinski definition) is 3. The van der Waals surface area contributed by atoms with E-state index >= 15 is 0 Å². The van der Waals surface area contributed by atoms with Gasteiger partial charge in [0.1, 0.15) is 5.75 Å². The molecule has 0 fully saturated rings. The number of primary amides is 1. The number of unbranched alkanes of at least 4 members (excludes halogenated alkanes) is 2. The molecule has 5 heteroatoms. The van der Waals surface area contributed by atoms with E-state index in [4.69, 9.17) is 5.73 Å². The van der Waals surface area contributed by atoms with E-state index < -0.39 is 12.1 Å². The van der Waals surface area contributed by atoms with Crippen LogP contribution >= 0.6 is 0 Å². The van der Waals surface area contributed by atoms with E-state index in [2.05, 4.69) is 12.2 Å². The van der Waals surface area contributed by atoms with E-state index in [1.54, 1.807) is 6.07 Å². The first-order valence-electron chi connectivity index (χ1n) is 9.52. The summed E-state index contributed by atoms with van der Waals surface area (Å²) < 4.78 is 0. The van der Waals surface area contributed by atoms with Crippen LogP contribution in [0, 0.1) is 0 Å². The minimum atomic E-state index is -0.739. The first kappa shape index (κ1) is 19.0. The van der Waals surface area contributed by atoms with Crippen LogP contribution in [0.25, 0.3) is 0 Å². The predicted molar refractivity (Wildman–Crippen MR) is 105 cm³/mol. The Kier molecular flexibility index (Phi) is 5.79. The average Bonchev–Trinajstić information content (AvgIpc) is 2.64. The Hall–Kier alpha value is -2.82. The molecular weight excluding hydrogens is 340 g/mol. The van der Waals surface area contributed by atoms with Gasteiger partial charge in [0.05, 0.1) is 11.6 Å². The number of phenols is 1. The van der Waals surface area contributed by atoms with Crippen molar-refractivity contribution in [3.05, 3.63) is 64.7 Å². The maximum Gasteiger partial charge on any atom is 0.312 e. The molecule has 2 aromatic rings. The van der Waals surface area contributed by atoms with Gasteiger partial charge in [-0.2, -0.15) is 0 Å². The molecule has 1 aliphatic carbocycles. The fourth-order valence-corrected chi connectivity index (χ4v) is 3.92. The average molecular weight is 366 g/mol. The monoisotopic (exact) mass is 366 g/mol. The third-order valence-corrected chi connectivity index (χ3v) is 5.20. The number of hydrogen-bond donors (Lipinski definition) is 3. The number of urea groups is 1. The number of rotatable bonds is 6. The second-order valence-corrected chi connectivity index (χ2v) is 7.16. The smallest absolute Gasteiger partial charge is 0.312 e. The maximum absolute atomic E-state index is 12.9. The molecule has 1 aliphatic rings. The van der Waals surface area contributed by atoms with Crippen molar-refractivity contribution in [2.24, 2.45) is 5.73 Å². The number of fused-ring (bicyclic) bond motifs is 1. The molecule has 5 nitrogen and oxygen atoms in total. The third-order valence-electron chi connectivity index (χ3n) is 5.20. The molecule has 2 atom stereocenters. The van der Waals surface area contributed by atoms with Crippen LogP contribution in [0.5, 0.6) is 5.75 Å². The minimum Gasteiger partial charge on any atom is -0.507 e. The van der Waals surface area contributed by atoms with Crippen molar-refractivity contribution in [2.45, 2.75) is 51.0 Å². The SMILES string of the molecule is CCCCCc1cc(O)c2c(c1)C(c1ccccc1)CC(NC(N)=O)C2=O. The zero-order valence-corrected chi connectivity index (χ0v) is 15.6. The van der Waals surface area contributed by atoms with Crippen LogP contribution in [0.15, 0.2) is 42.5 Å². The molecule has 2 aromatic carbocycles. The summed E-state index contributed by atoms with van der Waals surface area (Å²) in [6, 6.07) is 12.1. The van der Waals surface area contributed by atoms with E-state index in [1.807, 2.05) is 36.4 Å². The summed E-state index contributed by atoms with van der Waals surface area (Å²) in [6.07, 6.45) is 4.60. The Balaban J connectivity index is 2.05. The van der Waals surface area contributed by atoms with Gasteiger partial charge in [0.2, 0.25) is 0 Å². The Morgan fingerprint density at radius 2 is 1.96 bits per heavy atom. The summed E-state index contributed by atoms with van der Waals surface area (Å²) in [5.74, 6) is -0.387. The number of carbonyl (C=O) groups excluding carboxylic acids is 2. The first-order chi connectivity index (χ1) is 13.0. The quantitative estimate of drug-likeness (QED) is 0.677. The van der Waals surface area contributed by atoms with Crippen LogP contribution in [-0.2, 0) is 6.42 Å². The number of nitrogens with two attached hydrogens (primary N) is 1. The van der Waals surface area contributed by atoms with Gasteiger partial charge in [0, 0.05) is 5.92 Å². The van der Waals surface area contributed by atoms with Crippen molar-refractivity contribution in [1.82, 2.24) is 5.32 Å². The van der Waals surface area contributed by atoms with Gasteiger partial charge < -0.3 is 16.2 Å². The molecule has 0 heterocycles. The van der Waals surface area contributed by atoms with Crippen molar-refractivity contribution in [1.29, 1.82) is 0 Å². The highest BCUT2D eigenvalue weighted by molar-refractivity contribution is 6.06. The van der Waals surface area contributed by atoms with E-state index in [0.29, 0.717) is 12.0 Å². The molecule has 0 radical (unpaired) electrons. The Morgan fingerprint density at radius 1 is 1.22 bits per heavy atom. The van der Waals surface area contributed by atoms with Gasteiger partial charge in [-0.1, -0.05) is 56.2 Å². The van der Waals surface area contributed by atoms with Crippen molar-refractivity contribution >= 4 is 11.8 Å². The number of carbonyl (C=O) groups is 2. The summed E-state index contributed by atoms with van der Waals surface area (Å²) in [6.45, 7) is 2.15. The van der Waals surface area contributed by atoms with Crippen molar-refractivity contribution in [3.63, 3.8) is 0 Å². The van der Waals surface area contributed by atoms with E-state index in [9.17, 15) is 14.7 Å². The number of aryl methyl sites for hydroxylation is 1. The molecule has 0 bridgehead atoms. The highest BCUT2D eigenvalue weighted by atomic mass is 16.3. The van der Waals surface area contributed by atoms with E-state index in [1.165, 1.54) is 0 Å². The van der Waals surface area contributed by atoms with Crippen LogP contribution in [0.3, 0.4) is 0 Å². The molecular formula is C22H26N2O3. The molecule has 4 N–H and O–H groups in total. The second kappa shape index (κ2) is 8.25. The van der Waals surface area contributed by atoms with Gasteiger partial charge >= 0.3 is 6.03 Å². The molecule has 0 aliphatic heterocycles. The number of Topliss-reactive ketones (excluding diaryl/α,β-unsaturated/α-hetero) is 1. The lowest BCUT2D eigenvalue weighted by atomic mass is 9.75. The van der Waals surface area contributed by atoms with Crippen LogP contribution in [0.2, 0.25) is 0 Å². The number of phenolic OH excluding ortho intramolecular Hbond substituents is 1. The summed E-state index contributed by atoms with van der Waals surface area (Å²) in [7, 11) is 0. The first-order valence-corrected chi connectivity index (χ1v) is 9.52. The van der Waals surface area contributed by atoms with Gasteiger partial charge in [0.15, 0.2) is 5.78 Å². The largest absolute Gasteiger partial charge is 0.507 e. The number of benzene rings is 2. The third kappa shape index (κ3) is 4.13. The van der Waals surface area contributed by atoms with Gasteiger partial charge in [-0.25, -0.2) is 4.79 Å². The normalized spacial score (nSPS) is 18.8. The predicted octanol–water partition coefficient (Wildman–Crippen LogP) is 3.88. The molecule has 0 saturated heterocycles. The highest BCUT2D eigenvalue weighted by Gasteiger charge is 2.37. The van der Waals surface area contributed by atoms with Gasteiger partial charge in [-0.3, -0.25) is 4.79 Å². The lowest BCUT2D eigenvalue weighted by molar-refractivity contribution is 0.0925. The Labute approximate surface area is 159 Å². The van der Waals surface area contributed by atoms with Gasteiger partial charge in [-0.05, 0) is 42.0 Å².